The summed E-state index contributed by atoms with van der Waals surface area (Å²) >= 11 is 1.59. The van der Waals surface area contributed by atoms with Crippen LogP contribution in [0.2, 0.25) is 0 Å². The third kappa shape index (κ3) is 4.11. The van der Waals surface area contributed by atoms with Gasteiger partial charge in [-0.2, -0.15) is 0 Å². The Bertz CT molecular complexity index is 419. The molecule has 0 saturated heterocycles. The number of benzene rings is 1. The molecule has 0 radical (unpaired) electrons. The topological polar surface area (TPSA) is 50.7 Å². The summed E-state index contributed by atoms with van der Waals surface area (Å²) in [7, 11) is 4.95. The standard InChI is InChI=1S/C12H16N2O2S/c1-13-12(14-2)17-8-9-5-4-6-10(7-9)11(15)16-3/h4-7H,8H2,1-3H3,(H,13,14). The van der Waals surface area contributed by atoms with E-state index in [0.717, 1.165) is 16.5 Å². The van der Waals surface area contributed by atoms with Crippen LogP contribution in [-0.2, 0) is 10.5 Å². The van der Waals surface area contributed by atoms with Crippen molar-refractivity contribution in [2.75, 3.05) is 21.2 Å². The quantitative estimate of drug-likeness (QED) is 0.507. The first-order chi connectivity index (χ1) is 8.21. The van der Waals surface area contributed by atoms with E-state index in [2.05, 4.69) is 15.0 Å². The van der Waals surface area contributed by atoms with Gasteiger partial charge >= 0.3 is 5.97 Å². The van der Waals surface area contributed by atoms with Crippen LogP contribution in [0.15, 0.2) is 29.3 Å². The first kappa shape index (κ1) is 13.6. The molecule has 92 valence electrons. The minimum Gasteiger partial charge on any atom is -0.465 e. The molecule has 1 aromatic carbocycles. The summed E-state index contributed by atoms with van der Waals surface area (Å²) in [6, 6.07) is 7.40. The molecule has 4 nitrogen and oxygen atoms in total. The first-order valence-electron chi connectivity index (χ1n) is 5.16. The fourth-order valence-electron chi connectivity index (χ4n) is 1.31. The molecule has 5 heteroatoms. The van der Waals surface area contributed by atoms with Gasteiger partial charge in [-0.05, 0) is 17.7 Å². The second kappa shape index (κ2) is 6.96. The van der Waals surface area contributed by atoms with Crippen molar-refractivity contribution in [1.29, 1.82) is 0 Å². The maximum absolute atomic E-state index is 11.4. The van der Waals surface area contributed by atoms with E-state index >= 15 is 0 Å². The zero-order valence-electron chi connectivity index (χ0n) is 10.2. The van der Waals surface area contributed by atoms with Crippen LogP contribution in [0.4, 0.5) is 0 Å². The molecule has 0 saturated carbocycles. The normalized spacial score (nSPS) is 11.1. The van der Waals surface area contributed by atoms with Gasteiger partial charge in [0.15, 0.2) is 5.17 Å². The molecule has 0 fully saturated rings. The Labute approximate surface area is 105 Å². The molecule has 0 aliphatic rings. The molecular weight excluding hydrogens is 236 g/mol. The second-order valence-corrected chi connectivity index (χ2v) is 4.22. The van der Waals surface area contributed by atoms with Gasteiger partial charge in [0.1, 0.15) is 0 Å². The first-order valence-corrected chi connectivity index (χ1v) is 6.14. The third-order valence-electron chi connectivity index (χ3n) is 2.14. The van der Waals surface area contributed by atoms with Crippen molar-refractivity contribution in [3.8, 4) is 0 Å². The molecule has 0 aromatic heterocycles. The number of rotatable bonds is 3. The molecule has 17 heavy (non-hydrogen) atoms. The smallest absolute Gasteiger partial charge is 0.337 e. The molecule has 0 bridgehead atoms. The highest BCUT2D eigenvalue weighted by Crippen LogP contribution is 2.14. The maximum Gasteiger partial charge on any atom is 0.337 e. The van der Waals surface area contributed by atoms with Crippen molar-refractivity contribution in [2.24, 2.45) is 4.99 Å². The highest BCUT2D eigenvalue weighted by molar-refractivity contribution is 8.13. The van der Waals surface area contributed by atoms with E-state index in [-0.39, 0.29) is 5.97 Å². The lowest BCUT2D eigenvalue weighted by Crippen LogP contribution is -2.14. The number of aliphatic imine (C=N–C) groups is 1. The number of amidine groups is 1. The van der Waals surface area contributed by atoms with Crippen LogP contribution in [0, 0.1) is 0 Å². The summed E-state index contributed by atoms with van der Waals surface area (Å²) in [5.74, 6) is 0.452. The maximum atomic E-state index is 11.4. The molecule has 1 aromatic rings. The number of esters is 1. The summed E-state index contributed by atoms with van der Waals surface area (Å²) in [6.45, 7) is 0. The van der Waals surface area contributed by atoms with Crippen LogP contribution in [-0.4, -0.2) is 32.3 Å². The number of nitrogens with one attached hydrogen (secondary N) is 1. The number of carbonyl (C=O) groups is 1. The Morgan fingerprint density at radius 2 is 2.29 bits per heavy atom. The van der Waals surface area contributed by atoms with E-state index < -0.39 is 0 Å². The zero-order valence-corrected chi connectivity index (χ0v) is 11.0. The van der Waals surface area contributed by atoms with Gasteiger partial charge in [0.2, 0.25) is 0 Å². The van der Waals surface area contributed by atoms with E-state index in [1.165, 1.54) is 7.11 Å². The zero-order chi connectivity index (χ0) is 12.7. The van der Waals surface area contributed by atoms with Gasteiger partial charge in [0.05, 0.1) is 12.7 Å². The largest absolute Gasteiger partial charge is 0.465 e. The van der Waals surface area contributed by atoms with Crippen LogP contribution in [0.1, 0.15) is 15.9 Å². The minimum absolute atomic E-state index is 0.310. The van der Waals surface area contributed by atoms with E-state index in [1.54, 1.807) is 24.9 Å². The highest BCUT2D eigenvalue weighted by Gasteiger charge is 2.06. The molecule has 0 aliphatic carbocycles. The molecule has 1 rings (SSSR count). The van der Waals surface area contributed by atoms with Gasteiger partial charge in [-0.15, -0.1) is 0 Å². The van der Waals surface area contributed by atoms with E-state index in [9.17, 15) is 4.79 Å². The number of ether oxygens (including phenoxy) is 1. The summed E-state index contributed by atoms with van der Waals surface area (Å²) in [5, 5.41) is 3.86. The van der Waals surface area contributed by atoms with E-state index in [1.807, 2.05) is 25.2 Å². The fraction of sp³-hybridized carbons (Fsp3) is 0.333. The van der Waals surface area contributed by atoms with Crippen molar-refractivity contribution in [3.05, 3.63) is 35.4 Å². The van der Waals surface area contributed by atoms with Crippen molar-refractivity contribution in [3.63, 3.8) is 0 Å². The fourth-order valence-corrected chi connectivity index (χ4v) is 2.06. The third-order valence-corrected chi connectivity index (χ3v) is 3.28. The van der Waals surface area contributed by atoms with E-state index in [0.29, 0.717) is 5.56 Å². The van der Waals surface area contributed by atoms with Crippen LogP contribution in [0.3, 0.4) is 0 Å². The van der Waals surface area contributed by atoms with Gasteiger partial charge in [-0.1, -0.05) is 23.9 Å². The Hall–Kier alpha value is -1.49. The van der Waals surface area contributed by atoms with Crippen LogP contribution in [0.5, 0.6) is 0 Å². The Kier molecular flexibility index (Phi) is 5.56. The molecule has 0 spiro atoms. The number of hydrogen-bond donors (Lipinski definition) is 1. The Morgan fingerprint density at radius 3 is 2.88 bits per heavy atom. The van der Waals surface area contributed by atoms with Gasteiger partial charge in [0, 0.05) is 19.8 Å². The van der Waals surface area contributed by atoms with Gasteiger partial charge in [-0.25, -0.2) is 4.79 Å². The second-order valence-electron chi connectivity index (χ2n) is 3.26. The monoisotopic (exact) mass is 252 g/mol. The van der Waals surface area contributed by atoms with Crippen molar-refractivity contribution in [1.82, 2.24) is 5.32 Å². The number of nitrogens with zero attached hydrogens (tertiary/aromatic N) is 1. The van der Waals surface area contributed by atoms with E-state index in [4.69, 9.17) is 0 Å². The Morgan fingerprint density at radius 1 is 1.53 bits per heavy atom. The van der Waals surface area contributed by atoms with Crippen LogP contribution in [0.25, 0.3) is 0 Å². The molecule has 0 heterocycles. The van der Waals surface area contributed by atoms with Crippen molar-refractivity contribution >= 4 is 22.9 Å². The molecule has 0 unspecified atom stereocenters. The summed E-state index contributed by atoms with van der Waals surface area (Å²) < 4.78 is 4.68. The SMILES string of the molecule is CN=C(NC)SCc1cccc(C(=O)OC)c1. The predicted molar refractivity (Wildman–Crippen MR) is 71.5 cm³/mol. The Balaban J connectivity index is 2.69. The lowest BCUT2D eigenvalue weighted by Gasteiger charge is -2.05. The van der Waals surface area contributed by atoms with Gasteiger partial charge < -0.3 is 10.1 Å². The van der Waals surface area contributed by atoms with Crippen molar-refractivity contribution in [2.45, 2.75) is 5.75 Å². The average Bonchev–Trinajstić information content (AvgIpc) is 2.39. The van der Waals surface area contributed by atoms with Gasteiger partial charge in [-0.3, -0.25) is 4.99 Å². The minimum atomic E-state index is -0.310. The molecule has 0 amide bonds. The van der Waals surface area contributed by atoms with Crippen molar-refractivity contribution < 1.29 is 9.53 Å². The molecule has 0 aliphatic heterocycles. The van der Waals surface area contributed by atoms with Gasteiger partial charge in [0.25, 0.3) is 0 Å². The predicted octanol–water partition coefficient (Wildman–Crippen LogP) is 1.91. The summed E-state index contributed by atoms with van der Waals surface area (Å²) in [5.41, 5.74) is 1.64. The summed E-state index contributed by atoms with van der Waals surface area (Å²) in [4.78, 5) is 15.4. The number of carbonyl (C=O) groups excluding carboxylic acids is 1. The number of hydrogen-bond acceptors (Lipinski definition) is 4. The number of methoxy groups -OCH3 is 1. The molecule has 0 atom stereocenters. The molecular formula is C12H16N2O2S. The lowest BCUT2D eigenvalue weighted by molar-refractivity contribution is 0.0600. The lowest BCUT2D eigenvalue weighted by atomic mass is 10.1. The number of thioether (sulfide) groups is 1. The average molecular weight is 252 g/mol. The molecule has 1 N–H and O–H groups in total. The summed E-state index contributed by atoms with van der Waals surface area (Å²) in [6.07, 6.45) is 0. The van der Waals surface area contributed by atoms with Crippen LogP contribution >= 0.6 is 11.8 Å². The van der Waals surface area contributed by atoms with Crippen LogP contribution < -0.4 is 5.32 Å². The highest BCUT2D eigenvalue weighted by atomic mass is 32.2.